The SMILES string of the molecule is O=C(Oc1ccc(C=Nc2ccc3oc(-c4ccccc4Br)nc3c2)cc1)c1ccccc1Cl. The lowest BCUT2D eigenvalue weighted by atomic mass is 10.2. The second-order valence-corrected chi connectivity index (χ2v) is 8.61. The first-order chi connectivity index (χ1) is 16.6. The van der Waals surface area contributed by atoms with Gasteiger partial charge >= 0.3 is 5.97 Å². The van der Waals surface area contributed by atoms with Gasteiger partial charge in [0.1, 0.15) is 11.3 Å². The topological polar surface area (TPSA) is 64.7 Å². The van der Waals surface area contributed by atoms with Crippen molar-refractivity contribution in [2.45, 2.75) is 0 Å². The molecule has 0 bridgehead atoms. The van der Waals surface area contributed by atoms with Crippen LogP contribution in [0.25, 0.3) is 22.6 Å². The average molecular weight is 532 g/mol. The highest BCUT2D eigenvalue weighted by Crippen LogP contribution is 2.31. The lowest BCUT2D eigenvalue weighted by Gasteiger charge is -2.05. The van der Waals surface area contributed by atoms with Gasteiger partial charge in [0.2, 0.25) is 5.89 Å². The van der Waals surface area contributed by atoms with Gasteiger partial charge in [-0.05, 0) is 88.2 Å². The Hall–Kier alpha value is -3.74. The molecule has 0 radical (unpaired) electrons. The van der Waals surface area contributed by atoms with Crippen molar-refractivity contribution >= 4 is 56.5 Å². The number of carbonyl (C=O) groups excluding carboxylic acids is 1. The molecule has 1 aromatic heterocycles. The fraction of sp³-hybridized carbons (Fsp3) is 0. The quantitative estimate of drug-likeness (QED) is 0.131. The second-order valence-electron chi connectivity index (χ2n) is 7.35. The van der Waals surface area contributed by atoms with Gasteiger partial charge in [0.25, 0.3) is 0 Å². The molecule has 0 unspecified atom stereocenters. The van der Waals surface area contributed by atoms with E-state index < -0.39 is 5.97 Å². The van der Waals surface area contributed by atoms with Crippen LogP contribution in [0.4, 0.5) is 5.69 Å². The summed E-state index contributed by atoms with van der Waals surface area (Å²) >= 11 is 9.59. The summed E-state index contributed by atoms with van der Waals surface area (Å²) in [5.74, 6) is 0.464. The fourth-order valence-electron chi connectivity index (χ4n) is 3.31. The van der Waals surface area contributed by atoms with Crippen molar-refractivity contribution < 1.29 is 13.9 Å². The molecule has 0 saturated carbocycles. The number of aromatic nitrogens is 1. The molecule has 0 fully saturated rings. The molecule has 0 N–H and O–H groups in total. The van der Waals surface area contributed by atoms with E-state index in [1.165, 1.54) is 0 Å². The molecule has 166 valence electrons. The first kappa shape index (κ1) is 22.1. The van der Waals surface area contributed by atoms with E-state index in [0.717, 1.165) is 26.8 Å². The van der Waals surface area contributed by atoms with Crippen molar-refractivity contribution in [3.8, 4) is 17.2 Å². The Morgan fingerprint density at radius 3 is 2.53 bits per heavy atom. The van der Waals surface area contributed by atoms with Gasteiger partial charge in [-0.1, -0.05) is 35.9 Å². The standard InChI is InChI=1S/C27H16BrClN2O3/c28-22-7-3-1-5-20(22)26-31-24-15-18(11-14-25(24)34-26)30-16-17-9-12-19(13-10-17)33-27(32)21-6-2-4-8-23(21)29/h1-16H. The summed E-state index contributed by atoms with van der Waals surface area (Å²) in [6, 6.07) is 27.2. The molecule has 5 rings (SSSR count). The molecule has 1 heterocycles. The van der Waals surface area contributed by atoms with Crippen LogP contribution < -0.4 is 4.74 Å². The molecule has 5 aromatic rings. The minimum atomic E-state index is -0.505. The predicted molar refractivity (Wildman–Crippen MR) is 137 cm³/mol. The van der Waals surface area contributed by atoms with Crippen molar-refractivity contribution in [1.82, 2.24) is 4.98 Å². The maximum atomic E-state index is 12.3. The number of fused-ring (bicyclic) bond motifs is 1. The van der Waals surface area contributed by atoms with E-state index in [1.54, 1.807) is 42.6 Å². The van der Waals surface area contributed by atoms with Gasteiger partial charge < -0.3 is 9.15 Å². The van der Waals surface area contributed by atoms with Gasteiger partial charge in [-0.15, -0.1) is 0 Å². The molecule has 0 saturated heterocycles. The largest absolute Gasteiger partial charge is 0.436 e. The maximum absolute atomic E-state index is 12.3. The Morgan fingerprint density at radius 1 is 0.971 bits per heavy atom. The van der Waals surface area contributed by atoms with Crippen LogP contribution in [0.3, 0.4) is 0 Å². The third kappa shape index (κ3) is 4.78. The number of halogens is 2. The Labute approximate surface area is 208 Å². The van der Waals surface area contributed by atoms with E-state index in [1.807, 2.05) is 54.6 Å². The molecule has 5 nitrogen and oxygen atoms in total. The minimum absolute atomic E-state index is 0.320. The summed E-state index contributed by atoms with van der Waals surface area (Å²) in [6.07, 6.45) is 1.73. The minimum Gasteiger partial charge on any atom is -0.436 e. The molecule has 7 heteroatoms. The van der Waals surface area contributed by atoms with Gasteiger partial charge in [-0.25, -0.2) is 9.78 Å². The number of oxazole rings is 1. The van der Waals surface area contributed by atoms with Crippen LogP contribution in [0, 0.1) is 0 Å². The van der Waals surface area contributed by atoms with E-state index in [0.29, 0.717) is 27.8 Å². The number of hydrogen-bond acceptors (Lipinski definition) is 5. The van der Waals surface area contributed by atoms with Gasteiger partial charge in [0.15, 0.2) is 5.58 Å². The maximum Gasteiger partial charge on any atom is 0.345 e. The summed E-state index contributed by atoms with van der Waals surface area (Å²) in [4.78, 5) is 21.4. The zero-order chi connectivity index (χ0) is 23.5. The predicted octanol–water partition coefficient (Wildman–Crippen LogP) is 7.88. The van der Waals surface area contributed by atoms with Gasteiger partial charge in [-0.3, -0.25) is 4.99 Å². The molecular weight excluding hydrogens is 516 g/mol. The number of esters is 1. The third-order valence-electron chi connectivity index (χ3n) is 5.02. The van der Waals surface area contributed by atoms with Crippen LogP contribution >= 0.6 is 27.5 Å². The van der Waals surface area contributed by atoms with E-state index in [2.05, 4.69) is 25.9 Å². The lowest BCUT2D eigenvalue weighted by molar-refractivity contribution is 0.0735. The number of nitrogens with zero attached hydrogens (tertiary/aromatic N) is 2. The number of carbonyl (C=O) groups is 1. The Balaban J connectivity index is 1.30. The van der Waals surface area contributed by atoms with Crippen molar-refractivity contribution in [3.63, 3.8) is 0 Å². The smallest absolute Gasteiger partial charge is 0.345 e. The van der Waals surface area contributed by atoms with Crippen molar-refractivity contribution in [3.05, 3.63) is 112 Å². The zero-order valence-corrected chi connectivity index (χ0v) is 20.0. The summed E-state index contributed by atoms with van der Waals surface area (Å²) in [5.41, 5.74) is 4.22. The summed E-state index contributed by atoms with van der Waals surface area (Å²) in [5, 5.41) is 0.351. The molecule has 0 aliphatic rings. The number of benzene rings is 4. The third-order valence-corrected chi connectivity index (χ3v) is 6.04. The average Bonchev–Trinajstić information content (AvgIpc) is 3.27. The van der Waals surface area contributed by atoms with E-state index >= 15 is 0 Å². The van der Waals surface area contributed by atoms with Crippen molar-refractivity contribution in [2.24, 2.45) is 4.99 Å². The monoisotopic (exact) mass is 530 g/mol. The van der Waals surface area contributed by atoms with Gasteiger partial charge in [0, 0.05) is 10.7 Å². The van der Waals surface area contributed by atoms with Crippen LogP contribution in [0.5, 0.6) is 5.75 Å². The summed E-state index contributed by atoms with van der Waals surface area (Å²) < 4.78 is 12.2. The first-order valence-corrected chi connectivity index (χ1v) is 11.5. The van der Waals surface area contributed by atoms with Gasteiger partial charge in [-0.2, -0.15) is 0 Å². The van der Waals surface area contributed by atoms with Crippen LogP contribution in [-0.4, -0.2) is 17.2 Å². The first-order valence-electron chi connectivity index (χ1n) is 10.3. The summed E-state index contributed by atoms with van der Waals surface area (Å²) in [7, 11) is 0. The van der Waals surface area contributed by atoms with E-state index in [9.17, 15) is 4.79 Å². The Morgan fingerprint density at radius 2 is 1.74 bits per heavy atom. The molecule has 34 heavy (non-hydrogen) atoms. The lowest BCUT2D eigenvalue weighted by Crippen LogP contribution is -2.08. The highest BCUT2D eigenvalue weighted by Gasteiger charge is 2.13. The molecule has 4 aromatic carbocycles. The van der Waals surface area contributed by atoms with Crippen molar-refractivity contribution in [2.75, 3.05) is 0 Å². The highest BCUT2D eigenvalue weighted by molar-refractivity contribution is 9.10. The Kier molecular flexibility index (Phi) is 6.25. The summed E-state index contributed by atoms with van der Waals surface area (Å²) in [6.45, 7) is 0. The fourth-order valence-corrected chi connectivity index (χ4v) is 3.97. The highest BCUT2D eigenvalue weighted by atomic mass is 79.9. The number of aliphatic imine (C=N–C) groups is 1. The number of rotatable bonds is 5. The number of hydrogen-bond donors (Lipinski definition) is 0. The van der Waals surface area contributed by atoms with Crippen molar-refractivity contribution in [1.29, 1.82) is 0 Å². The zero-order valence-electron chi connectivity index (χ0n) is 17.6. The van der Waals surface area contributed by atoms with Crippen LogP contribution in [-0.2, 0) is 0 Å². The Bertz CT molecular complexity index is 1530. The van der Waals surface area contributed by atoms with Crippen LogP contribution in [0.15, 0.2) is 105 Å². The second kappa shape index (κ2) is 9.63. The van der Waals surface area contributed by atoms with E-state index in [-0.39, 0.29) is 0 Å². The molecule has 0 aliphatic heterocycles. The molecule has 0 aliphatic carbocycles. The van der Waals surface area contributed by atoms with Crippen LogP contribution in [0.2, 0.25) is 5.02 Å². The van der Waals surface area contributed by atoms with Gasteiger partial charge in [0.05, 0.1) is 21.8 Å². The molecular formula is C27H16BrClN2O3. The molecule has 0 amide bonds. The van der Waals surface area contributed by atoms with E-state index in [4.69, 9.17) is 20.8 Å². The van der Waals surface area contributed by atoms with Crippen LogP contribution in [0.1, 0.15) is 15.9 Å². The number of ether oxygens (including phenoxy) is 1. The molecule has 0 atom stereocenters. The normalized spacial score (nSPS) is 11.2. The molecule has 0 spiro atoms.